The molecule has 3 nitrogen and oxygen atoms in total. The van der Waals surface area contributed by atoms with Crippen molar-refractivity contribution in [3.8, 4) is 0 Å². The van der Waals surface area contributed by atoms with Crippen molar-refractivity contribution < 1.29 is 13.2 Å². The maximum atomic E-state index is 10.8. The summed E-state index contributed by atoms with van der Waals surface area (Å²) >= 11 is 11.3. The van der Waals surface area contributed by atoms with Crippen molar-refractivity contribution in [1.29, 1.82) is 0 Å². The first-order valence-corrected chi connectivity index (χ1v) is 6.64. The van der Waals surface area contributed by atoms with Gasteiger partial charge in [0.1, 0.15) is 8.55 Å². The minimum Gasteiger partial charge on any atom is -0.276 e. The second kappa shape index (κ2) is 3.74. The summed E-state index contributed by atoms with van der Waals surface area (Å²) in [5.41, 5.74) is -0.0486. The molecule has 13 heavy (non-hydrogen) atoms. The third-order valence-electron chi connectivity index (χ3n) is 1.12. The van der Waals surface area contributed by atoms with Gasteiger partial charge in [0.2, 0.25) is 0 Å². The lowest BCUT2D eigenvalue weighted by Crippen LogP contribution is -1.87. The van der Waals surface area contributed by atoms with Gasteiger partial charge in [-0.3, -0.25) is 4.79 Å². The van der Waals surface area contributed by atoms with E-state index >= 15 is 0 Å². The van der Waals surface area contributed by atoms with E-state index in [0.717, 1.165) is 6.07 Å². The van der Waals surface area contributed by atoms with Gasteiger partial charge in [-0.25, -0.2) is 8.42 Å². The zero-order chi connectivity index (χ0) is 10.2. The molecule has 1 rings (SSSR count). The quantitative estimate of drug-likeness (QED) is 0.782. The predicted octanol–water partition coefficient (Wildman–Crippen LogP) is 2.71. The van der Waals surface area contributed by atoms with Crippen molar-refractivity contribution >= 4 is 59.5 Å². The van der Waals surface area contributed by atoms with Gasteiger partial charge in [0.15, 0.2) is 0 Å². The smallest absolute Gasteiger partial charge is 0.270 e. The van der Waals surface area contributed by atoms with Crippen LogP contribution < -0.4 is 0 Å². The summed E-state index contributed by atoms with van der Waals surface area (Å²) in [6, 6.07) is 1.05. The molecule has 0 aliphatic carbocycles. The Balaban J connectivity index is 3.33. The highest BCUT2D eigenvalue weighted by Crippen LogP contribution is 2.33. The Morgan fingerprint density at radius 3 is 2.23 bits per heavy atom. The van der Waals surface area contributed by atoms with Crippen LogP contribution in [0.2, 0.25) is 4.34 Å². The number of hydrogen-bond acceptors (Lipinski definition) is 4. The summed E-state index contributed by atoms with van der Waals surface area (Å²) < 4.78 is 21.4. The van der Waals surface area contributed by atoms with Crippen molar-refractivity contribution in [2.45, 2.75) is 4.21 Å². The van der Waals surface area contributed by atoms with E-state index in [2.05, 4.69) is 0 Å². The molecule has 0 atom stereocenters. The average Bonchev–Trinajstić information content (AvgIpc) is 2.29. The fourth-order valence-electron chi connectivity index (χ4n) is 0.602. The van der Waals surface area contributed by atoms with Gasteiger partial charge in [-0.1, -0.05) is 11.6 Å². The Bertz CT molecular complexity index is 448. The van der Waals surface area contributed by atoms with Crippen LogP contribution in [0.15, 0.2) is 10.3 Å². The zero-order valence-electron chi connectivity index (χ0n) is 5.75. The molecular weight excluding hydrogens is 279 g/mol. The first-order chi connectivity index (χ1) is 5.82. The van der Waals surface area contributed by atoms with E-state index in [4.69, 9.17) is 33.9 Å². The van der Waals surface area contributed by atoms with Crippen LogP contribution in [0.1, 0.15) is 10.4 Å². The van der Waals surface area contributed by atoms with Crippen LogP contribution in [0.4, 0.5) is 0 Å². The Kier molecular flexibility index (Phi) is 3.24. The molecule has 0 saturated carbocycles. The summed E-state index contributed by atoms with van der Waals surface area (Å²) in [7, 11) is 1.18. The standard InChI is InChI=1S/C5HCl3O3S2/c6-4(9)2-1-3(12-5(2)7)13(8,10)11/h1H. The summed E-state index contributed by atoms with van der Waals surface area (Å²) in [5, 5.41) is -0.812. The number of carbonyl (C=O) groups excluding carboxylic acids is 1. The van der Waals surface area contributed by atoms with Crippen LogP contribution in [-0.4, -0.2) is 13.7 Å². The summed E-state index contributed by atoms with van der Waals surface area (Å²) in [6.45, 7) is 0. The van der Waals surface area contributed by atoms with Gasteiger partial charge in [-0.05, 0) is 17.7 Å². The number of hydrogen-bond donors (Lipinski definition) is 0. The van der Waals surface area contributed by atoms with Crippen molar-refractivity contribution in [3.05, 3.63) is 16.0 Å². The van der Waals surface area contributed by atoms with Crippen LogP contribution >= 0.6 is 45.2 Å². The molecule has 0 spiro atoms. The maximum absolute atomic E-state index is 10.8. The minimum absolute atomic E-state index is 0.0132. The van der Waals surface area contributed by atoms with Crippen molar-refractivity contribution in [3.63, 3.8) is 0 Å². The Morgan fingerprint density at radius 2 is 2.00 bits per heavy atom. The lowest BCUT2D eigenvalue weighted by molar-refractivity contribution is 0.108. The third-order valence-corrected chi connectivity index (χ3v) is 4.75. The molecule has 0 aromatic carbocycles. The Hall–Kier alpha value is 0.190. The molecule has 1 aromatic rings. The van der Waals surface area contributed by atoms with E-state index in [9.17, 15) is 13.2 Å². The molecule has 0 bridgehead atoms. The first kappa shape index (κ1) is 11.3. The van der Waals surface area contributed by atoms with Crippen LogP contribution in [0, 0.1) is 0 Å². The largest absolute Gasteiger partial charge is 0.276 e. The average molecular weight is 280 g/mol. The molecule has 0 amide bonds. The van der Waals surface area contributed by atoms with E-state index in [1.165, 1.54) is 0 Å². The van der Waals surface area contributed by atoms with Crippen molar-refractivity contribution in [2.75, 3.05) is 0 Å². The molecule has 1 heterocycles. The van der Waals surface area contributed by atoms with Crippen molar-refractivity contribution in [1.82, 2.24) is 0 Å². The minimum atomic E-state index is -3.84. The van der Waals surface area contributed by atoms with E-state index in [-0.39, 0.29) is 14.1 Å². The number of rotatable bonds is 2. The third kappa shape index (κ3) is 2.57. The van der Waals surface area contributed by atoms with Gasteiger partial charge in [0, 0.05) is 10.7 Å². The fourth-order valence-corrected chi connectivity index (χ4v) is 3.32. The summed E-state index contributed by atoms with van der Waals surface area (Å²) in [4.78, 5) is 10.7. The van der Waals surface area contributed by atoms with Crippen LogP contribution in [0.3, 0.4) is 0 Å². The highest BCUT2D eigenvalue weighted by molar-refractivity contribution is 8.15. The molecule has 0 radical (unpaired) electrons. The molecule has 0 saturated heterocycles. The number of carbonyl (C=O) groups is 1. The molecule has 0 fully saturated rings. The molecule has 0 unspecified atom stereocenters. The van der Waals surface area contributed by atoms with Crippen molar-refractivity contribution in [2.24, 2.45) is 0 Å². The topological polar surface area (TPSA) is 51.2 Å². The van der Waals surface area contributed by atoms with E-state index in [1.54, 1.807) is 0 Å². The van der Waals surface area contributed by atoms with Gasteiger partial charge < -0.3 is 0 Å². The summed E-state index contributed by atoms with van der Waals surface area (Å²) in [6.07, 6.45) is 0. The molecular formula is C5HCl3O3S2. The maximum Gasteiger partial charge on any atom is 0.270 e. The van der Waals surface area contributed by atoms with Gasteiger partial charge in [-0.15, -0.1) is 11.3 Å². The second-order valence-corrected chi connectivity index (χ2v) is 6.75. The fraction of sp³-hybridized carbons (Fsp3) is 0. The zero-order valence-corrected chi connectivity index (χ0v) is 9.65. The lowest BCUT2D eigenvalue weighted by atomic mass is 10.4. The van der Waals surface area contributed by atoms with Crippen LogP contribution in [0.5, 0.6) is 0 Å². The molecule has 1 aromatic heterocycles. The highest BCUT2D eigenvalue weighted by Gasteiger charge is 2.19. The van der Waals surface area contributed by atoms with Gasteiger partial charge >= 0.3 is 0 Å². The normalized spacial score (nSPS) is 11.6. The van der Waals surface area contributed by atoms with Gasteiger partial charge in [0.05, 0.1) is 5.56 Å². The first-order valence-electron chi connectivity index (χ1n) is 2.76. The van der Waals surface area contributed by atoms with Crippen LogP contribution in [-0.2, 0) is 9.05 Å². The van der Waals surface area contributed by atoms with E-state index in [1.807, 2.05) is 0 Å². The molecule has 8 heteroatoms. The number of halogens is 3. The van der Waals surface area contributed by atoms with E-state index in [0.29, 0.717) is 11.3 Å². The lowest BCUT2D eigenvalue weighted by Gasteiger charge is -1.84. The Morgan fingerprint density at radius 1 is 1.46 bits per heavy atom. The van der Waals surface area contributed by atoms with Gasteiger partial charge in [-0.2, -0.15) is 0 Å². The predicted molar refractivity (Wildman–Crippen MR) is 52.6 cm³/mol. The second-order valence-electron chi connectivity index (χ2n) is 1.96. The van der Waals surface area contributed by atoms with Gasteiger partial charge in [0.25, 0.3) is 14.3 Å². The molecule has 0 aliphatic heterocycles. The van der Waals surface area contributed by atoms with E-state index < -0.39 is 14.3 Å². The van der Waals surface area contributed by atoms with Crippen LogP contribution in [0.25, 0.3) is 0 Å². The highest BCUT2D eigenvalue weighted by atomic mass is 35.7. The molecule has 72 valence electrons. The SMILES string of the molecule is O=C(Cl)c1cc(S(=O)(=O)Cl)sc1Cl. The molecule has 0 N–H and O–H groups in total. The monoisotopic (exact) mass is 278 g/mol. The Labute approximate surface area is 92.6 Å². The summed E-state index contributed by atoms with van der Waals surface area (Å²) in [5.74, 6) is 0. The number of thiophene rings is 1. The molecule has 0 aliphatic rings.